The summed E-state index contributed by atoms with van der Waals surface area (Å²) in [4.78, 5) is 69.3. The highest BCUT2D eigenvalue weighted by Gasteiger charge is 2.26. The number of hydrogen-bond acceptors (Lipinski definition) is 14. The van der Waals surface area contributed by atoms with Crippen LogP contribution in [0.4, 0.5) is 0 Å². The Kier molecular flexibility index (Phi) is 14.2. The van der Waals surface area contributed by atoms with E-state index in [0.717, 1.165) is 14.2 Å². The van der Waals surface area contributed by atoms with E-state index in [1.165, 1.54) is 61.0 Å². The molecule has 0 fully saturated rings. The lowest BCUT2D eigenvalue weighted by Crippen LogP contribution is -2.15. The first-order valence-corrected chi connectivity index (χ1v) is 14.4. The molecule has 0 saturated heterocycles. The maximum atomic E-state index is 12.2. The number of H-pyrrole nitrogens is 2. The number of carboxylic acid groups (broad SMARTS) is 1. The Hall–Kier alpha value is -6.50. The molecular weight excluding hydrogens is 668 g/mol. The second kappa shape index (κ2) is 17.8. The monoisotopic (exact) mass is 708 g/mol. The van der Waals surface area contributed by atoms with Gasteiger partial charge in [0.25, 0.3) is 11.6 Å². The van der Waals surface area contributed by atoms with Crippen molar-refractivity contribution in [3.05, 3.63) is 60.2 Å². The van der Waals surface area contributed by atoms with Gasteiger partial charge in [0.2, 0.25) is 0 Å². The number of carbonyl (C=O) groups is 4. The third kappa shape index (κ3) is 7.88. The van der Waals surface area contributed by atoms with Gasteiger partial charge in [-0.15, -0.1) is 10.2 Å². The van der Waals surface area contributed by atoms with Gasteiger partial charge in [0.15, 0.2) is 23.3 Å². The molecule has 0 spiro atoms. The molecule has 0 aliphatic rings. The molecule has 0 bridgehead atoms. The lowest BCUT2D eigenvalue weighted by Gasteiger charge is -2.07. The van der Waals surface area contributed by atoms with Crippen molar-refractivity contribution in [2.45, 2.75) is 41.5 Å². The maximum Gasteiger partial charge on any atom is 0.379 e. The van der Waals surface area contributed by atoms with E-state index >= 15 is 0 Å². The van der Waals surface area contributed by atoms with Crippen LogP contribution in [-0.2, 0) is 27.2 Å². The molecule has 6 heterocycles. The molecule has 6 aromatic rings. The van der Waals surface area contributed by atoms with E-state index in [2.05, 4.69) is 44.8 Å². The van der Waals surface area contributed by atoms with Crippen molar-refractivity contribution in [2.24, 2.45) is 0 Å². The van der Waals surface area contributed by atoms with Crippen LogP contribution >= 0.6 is 0 Å². The van der Waals surface area contributed by atoms with Gasteiger partial charge >= 0.3 is 11.9 Å². The molecule has 0 amide bonds. The average molecular weight is 709 g/mol. The molecule has 0 saturated carbocycles. The first-order chi connectivity index (χ1) is 23.7. The maximum absolute atomic E-state index is 12.2. The summed E-state index contributed by atoms with van der Waals surface area (Å²) in [6.45, 7) is 3.87. The van der Waals surface area contributed by atoms with Crippen molar-refractivity contribution in [3.8, 4) is 23.1 Å². The van der Waals surface area contributed by atoms with Crippen LogP contribution in [-0.4, -0.2) is 112 Å². The van der Waals surface area contributed by atoms with E-state index in [1.807, 2.05) is 13.8 Å². The van der Waals surface area contributed by atoms with Gasteiger partial charge in [-0.2, -0.15) is 0 Å². The summed E-state index contributed by atoms with van der Waals surface area (Å²) < 4.78 is 17.9. The SMILES string of the molecule is C.C.CCc1ncn(-c2ncc(OC)c3c(C(=O)C(=O)O)c[nH]c23)n1.CCc1ncn(-c2ncc(OC)c3c(C(=O)C(=O)OC)c[nH]c23)n1.CO. The molecule has 0 aliphatic heterocycles. The van der Waals surface area contributed by atoms with E-state index < -0.39 is 23.5 Å². The molecule has 4 N–H and O–H groups in total. The molecule has 0 radical (unpaired) electrons. The van der Waals surface area contributed by atoms with Crippen LogP contribution < -0.4 is 9.47 Å². The largest absolute Gasteiger partial charge is 0.494 e. The van der Waals surface area contributed by atoms with E-state index in [4.69, 9.17) is 19.7 Å². The Morgan fingerprint density at radius 2 is 1.12 bits per heavy atom. The molecule has 6 rings (SSSR count). The Morgan fingerprint density at radius 1 is 0.706 bits per heavy atom. The van der Waals surface area contributed by atoms with E-state index in [0.29, 0.717) is 69.4 Å². The number of aliphatic hydroxyl groups is 1. The number of methoxy groups -OCH3 is 3. The van der Waals surface area contributed by atoms with Gasteiger partial charge in [0, 0.05) is 32.3 Å². The normalized spacial score (nSPS) is 10.1. The molecule has 272 valence electrons. The number of aliphatic carboxylic acids is 1. The Labute approximate surface area is 291 Å². The van der Waals surface area contributed by atoms with Crippen LogP contribution in [0, 0.1) is 0 Å². The number of aromatic nitrogens is 10. The zero-order valence-corrected chi connectivity index (χ0v) is 27.2. The number of aryl methyl sites for hydroxylation is 2. The minimum atomic E-state index is -1.54. The smallest absolute Gasteiger partial charge is 0.379 e. The van der Waals surface area contributed by atoms with E-state index in [-0.39, 0.29) is 26.0 Å². The van der Waals surface area contributed by atoms with Crippen LogP contribution in [0.5, 0.6) is 11.5 Å². The number of carboxylic acids is 1. The summed E-state index contributed by atoms with van der Waals surface area (Å²) in [5.74, 6) is -1.48. The van der Waals surface area contributed by atoms with Crippen LogP contribution in [0.15, 0.2) is 37.4 Å². The molecule has 0 aliphatic carbocycles. The predicted molar refractivity (Wildman–Crippen MR) is 184 cm³/mol. The number of aliphatic hydroxyl groups excluding tert-OH is 1. The molecule has 0 aromatic carbocycles. The van der Waals surface area contributed by atoms with Gasteiger partial charge in [-0.3, -0.25) is 9.59 Å². The zero-order valence-electron chi connectivity index (χ0n) is 27.2. The van der Waals surface area contributed by atoms with Gasteiger partial charge in [-0.05, 0) is 0 Å². The second-order valence-electron chi connectivity index (χ2n) is 9.58. The van der Waals surface area contributed by atoms with Gasteiger partial charge in [0.1, 0.15) is 24.2 Å². The molecule has 6 aromatic heterocycles. The number of hydrogen-bond donors (Lipinski definition) is 4. The number of ketones is 2. The number of fused-ring (bicyclic) bond motifs is 2. The molecule has 19 heteroatoms. The predicted octanol–water partition coefficient (Wildman–Crippen LogP) is 2.93. The third-order valence-electron chi connectivity index (χ3n) is 6.95. The second-order valence-corrected chi connectivity index (χ2v) is 9.58. The van der Waals surface area contributed by atoms with Gasteiger partial charge in [-0.25, -0.2) is 38.9 Å². The number of ether oxygens (including phenoxy) is 3. The fraction of sp³-hybridized carbons (Fsp3) is 0.312. The zero-order chi connectivity index (χ0) is 35.8. The fourth-order valence-electron chi connectivity index (χ4n) is 4.66. The number of nitrogens with one attached hydrogen (secondary N) is 2. The minimum Gasteiger partial charge on any atom is -0.494 e. The third-order valence-corrected chi connectivity index (χ3v) is 6.95. The van der Waals surface area contributed by atoms with Crippen molar-refractivity contribution in [3.63, 3.8) is 0 Å². The van der Waals surface area contributed by atoms with Crippen LogP contribution in [0.2, 0.25) is 0 Å². The molecule has 0 unspecified atom stereocenters. The molecule has 0 atom stereocenters. The van der Waals surface area contributed by atoms with Gasteiger partial charge < -0.3 is 34.4 Å². The van der Waals surface area contributed by atoms with Crippen molar-refractivity contribution in [1.82, 2.24) is 49.5 Å². The number of rotatable bonds is 10. The topological polar surface area (TPSA) is 255 Å². The van der Waals surface area contributed by atoms with Crippen LogP contribution in [0.3, 0.4) is 0 Å². The van der Waals surface area contributed by atoms with Crippen LogP contribution in [0.1, 0.15) is 61.1 Å². The van der Waals surface area contributed by atoms with Crippen molar-refractivity contribution in [2.75, 3.05) is 28.4 Å². The number of Topliss-reactive ketones (excluding diaryl/α,β-unsaturated/α-hetero) is 2. The lowest BCUT2D eigenvalue weighted by molar-refractivity contribution is -0.135. The van der Waals surface area contributed by atoms with Gasteiger partial charge in [0.05, 0.1) is 66.7 Å². The molecular formula is C32H40N10O9. The highest BCUT2D eigenvalue weighted by atomic mass is 16.5. The van der Waals surface area contributed by atoms with Crippen molar-refractivity contribution < 1.29 is 43.6 Å². The highest BCUT2D eigenvalue weighted by molar-refractivity contribution is 6.43. The first kappa shape index (κ1) is 40.7. The number of carbonyl (C=O) groups excluding carboxylic acids is 3. The van der Waals surface area contributed by atoms with E-state index in [9.17, 15) is 19.2 Å². The quantitative estimate of drug-likeness (QED) is 0.0906. The number of esters is 1. The summed E-state index contributed by atoms with van der Waals surface area (Å²) in [5.41, 5.74) is 1.10. The summed E-state index contributed by atoms with van der Waals surface area (Å²) in [5, 5.41) is 25.3. The molecule has 19 nitrogen and oxygen atoms in total. The Balaban J connectivity index is 0.000000325. The highest BCUT2D eigenvalue weighted by Crippen LogP contribution is 2.33. The summed E-state index contributed by atoms with van der Waals surface area (Å²) in [7, 11) is 5.03. The Bertz CT molecular complexity index is 2150. The summed E-state index contributed by atoms with van der Waals surface area (Å²) in [6.07, 6.45) is 10.0. The fourth-order valence-corrected chi connectivity index (χ4v) is 4.66. The lowest BCUT2D eigenvalue weighted by atomic mass is 10.1. The number of nitrogens with zero attached hydrogens (tertiary/aromatic N) is 8. The van der Waals surface area contributed by atoms with Gasteiger partial charge in [-0.1, -0.05) is 28.7 Å². The first-order valence-electron chi connectivity index (χ1n) is 14.4. The summed E-state index contributed by atoms with van der Waals surface area (Å²) in [6, 6.07) is 0. The minimum absolute atomic E-state index is 0. The van der Waals surface area contributed by atoms with Crippen molar-refractivity contribution >= 4 is 45.3 Å². The average Bonchev–Trinajstić information content (AvgIpc) is 3.97. The number of pyridine rings is 2. The Morgan fingerprint density at radius 3 is 1.45 bits per heavy atom. The molecule has 51 heavy (non-hydrogen) atoms. The number of aromatic amines is 2. The standard InChI is InChI=1S/C15H15N5O4.C14H13N5O4.CH4O.2CH4/c1-4-10-18-7-20(19-10)14-12-11(9(23-2)6-17-14)8(5-16-12)13(21)15(22)24-3;1-3-9-17-6-19(18-9)13-11-10(8(23-2)5-16-13)7(4-15-11)12(20)14(21)22;1-2;;/h5-7,16H,4H2,1-3H3;4-6,15H,3H2,1-2H3,(H,21,22);2H,1H3;2*1H4. The van der Waals surface area contributed by atoms with E-state index in [1.54, 1.807) is 0 Å². The summed E-state index contributed by atoms with van der Waals surface area (Å²) >= 11 is 0. The van der Waals surface area contributed by atoms with Crippen molar-refractivity contribution in [1.29, 1.82) is 0 Å². The van der Waals surface area contributed by atoms with Crippen LogP contribution in [0.25, 0.3) is 33.4 Å².